The Morgan fingerprint density at radius 1 is 1.53 bits per heavy atom. The van der Waals surface area contributed by atoms with Gasteiger partial charge < -0.3 is 15.5 Å². The number of furan rings is 1. The zero-order valence-electron chi connectivity index (χ0n) is 10.7. The number of likely N-dealkylation sites (N-methyl/N-ethyl adjacent to an activating group) is 1. The Kier molecular flexibility index (Phi) is 4.20. The maximum absolute atomic E-state index is 5.92. The maximum Gasteiger partial charge on any atom is 0.122 e. The van der Waals surface area contributed by atoms with Crippen molar-refractivity contribution in [3.05, 3.63) is 24.2 Å². The van der Waals surface area contributed by atoms with Crippen molar-refractivity contribution in [2.75, 3.05) is 20.6 Å². The van der Waals surface area contributed by atoms with Crippen molar-refractivity contribution in [3.8, 4) is 0 Å². The molecule has 1 aliphatic rings. The van der Waals surface area contributed by atoms with Crippen LogP contribution >= 0.6 is 0 Å². The quantitative estimate of drug-likeness (QED) is 0.811. The summed E-state index contributed by atoms with van der Waals surface area (Å²) in [4.78, 5) is 2.18. The minimum atomic E-state index is 0.293. The molecule has 17 heavy (non-hydrogen) atoms. The van der Waals surface area contributed by atoms with Gasteiger partial charge in [-0.3, -0.25) is 4.90 Å². The van der Waals surface area contributed by atoms with Gasteiger partial charge in [0.05, 0.1) is 12.3 Å². The second-order valence-electron chi connectivity index (χ2n) is 5.17. The Hall–Kier alpha value is -0.840. The van der Waals surface area contributed by atoms with E-state index in [9.17, 15) is 0 Å². The second-order valence-corrected chi connectivity index (χ2v) is 5.17. The average Bonchev–Trinajstić information content (AvgIpc) is 2.90. The molecule has 0 spiro atoms. The highest BCUT2D eigenvalue weighted by molar-refractivity contribution is 5.05. The third-order valence-electron chi connectivity index (χ3n) is 3.57. The highest BCUT2D eigenvalue weighted by atomic mass is 16.3. The summed E-state index contributed by atoms with van der Waals surface area (Å²) in [5.41, 5.74) is 5.92. The molecule has 1 aliphatic carbocycles. The third kappa shape index (κ3) is 3.31. The molecule has 4 nitrogen and oxygen atoms in total. The van der Waals surface area contributed by atoms with Crippen LogP contribution in [-0.4, -0.2) is 37.6 Å². The van der Waals surface area contributed by atoms with Crippen molar-refractivity contribution in [1.82, 2.24) is 10.2 Å². The zero-order chi connectivity index (χ0) is 12.3. The normalized spacial score (nSPS) is 26.6. The lowest BCUT2D eigenvalue weighted by Crippen LogP contribution is -2.36. The number of nitrogens with zero attached hydrogens (tertiary/aromatic N) is 1. The van der Waals surface area contributed by atoms with Gasteiger partial charge in [-0.15, -0.1) is 0 Å². The molecule has 1 aromatic rings. The smallest absolute Gasteiger partial charge is 0.122 e. The molecule has 0 amide bonds. The molecule has 0 saturated heterocycles. The van der Waals surface area contributed by atoms with Crippen LogP contribution in [-0.2, 0) is 0 Å². The fraction of sp³-hybridized carbons (Fsp3) is 0.692. The topological polar surface area (TPSA) is 54.4 Å². The van der Waals surface area contributed by atoms with Crippen LogP contribution in [0.3, 0.4) is 0 Å². The summed E-state index contributed by atoms with van der Waals surface area (Å²) in [6, 6.07) is 5.22. The fourth-order valence-electron chi connectivity index (χ4n) is 2.50. The summed E-state index contributed by atoms with van der Waals surface area (Å²) >= 11 is 0. The first-order chi connectivity index (χ1) is 8.16. The van der Waals surface area contributed by atoms with E-state index < -0.39 is 0 Å². The summed E-state index contributed by atoms with van der Waals surface area (Å²) in [7, 11) is 4.16. The van der Waals surface area contributed by atoms with Gasteiger partial charge in [-0.2, -0.15) is 0 Å². The molecule has 1 aromatic heterocycles. The molecule has 96 valence electrons. The Morgan fingerprint density at radius 2 is 2.35 bits per heavy atom. The van der Waals surface area contributed by atoms with E-state index in [2.05, 4.69) is 24.3 Å². The largest absolute Gasteiger partial charge is 0.468 e. The van der Waals surface area contributed by atoms with Gasteiger partial charge in [-0.1, -0.05) is 0 Å². The predicted molar refractivity (Wildman–Crippen MR) is 68.8 cm³/mol. The number of rotatable bonds is 5. The molecule has 1 fully saturated rings. The first-order valence-corrected chi connectivity index (χ1v) is 6.35. The van der Waals surface area contributed by atoms with Crippen molar-refractivity contribution in [3.63, 3.8) is 0 Å². The van der Waals surface area contributed by atoms with Gasteiger partial charge in [0.15, 0.2) is 0 Å². The van der Waals surface area contributed by atoms with Crippen LogP contribution in [0.5, 0.6) is 0 Å². The third-order valence-corrected chi connectivity index (χ3v) is 3.57. The minimum Gasteiger partial charge on any atom is -0.468 e. The van der Waals surface area contributed by atoms with E-state index >= 15 is 0 Å². The second kappa shape index (κ2) is 5.67. The summed E-state index contributed by atoms with van der Waals surface area (Å²) in [5, 5.41) is 3.60. The Bertz CT molecular complexity index is 323. The van der Waals surface area contributed by atoms with Crippen molar-refractivity contribution in [2.24, 2.45) is 5.73 Å². The van der Waals surface area contributed by atoms with Crippen molar-refractivity contribution in [2.45, 2.75) is 37.4 Å². The van der Waals surface area contributed by atoms with E-state index in [-0.39, 0.29) is 0 Å². The standard InChI is InChI=1S/C13H23N3O/c1-16(2)12(13-4-3-7-17-13)9-15-11-6-5-10(14)8-11/h3-4,7,10-12,15H,5-6,8-9,14H2,1-2H3. The Morgan fingerprint density at radius 3 is 2.88 bits per heavy atom. The molecule has 0 bridgehead atoms. The predicted octanol–water partition coefficient (Wildman–Crippen LogP) is 1.35. The molecule has 0 aliphatic heterocycles. The van der Waals surface area contributed by atoms with Crippen molar-refractivity contribution in [1.29, 1.82) is 0 Å². The summed E-state index contributed by atoms with van der Waals surface area (Å²) in [6.45, 7) is 0.915. The molecular formula is C13H23N3O. The van der Waals surface area contributed by atoms with Gasteiger partial charge in [-0.05, 0) is 45.5 Å². The van der Waals surface area contributed by atoms with Gasteiger partial charge >= 0.3 is 0 Å². The first kappa shape index (κ1) is 12.6. The lowest BCUT2D eigenvalue weighted by Gasteiger charge is -2.24. The van der Waals surface area contributed by atoms with Gasteiger partial charge in [0.1, 0.15) is 5.76 Å². The molecular weight excluding hydrogens is 214 g/mol. The molecule has 3 atom stereocenters. The van der Waals surface area contributed by atoms with E-state index in [0.717, 1.165) is 25.1 Å². The minimum absolute atomic E-state index is 0.293. The number of hydrogen-bond donors (Lipinski definition) is 2. The maximum atomic E-state index is 5.92. The zero-order valence-corrected chi connectivity index (χ0v) is 10.7. The van der Waals surface area contributed by atoms with Crippen LogP contribution in [0, 0.1) is 0 Å². The van der Waals surface area contributed by atoms with Crippen LogP contribution in [0.2, 0.25) is 0 Å². The molecule has 0 aromatic carbocycles. The molecule has 0 radical (unpaired) electrons. The van der Waals surface area contributed by atoms with Gasteiger partial charge in [0.25, 0.3) is 0 Å². The van der Waals surface area contributed by atoms with Crippen LogP contribution in [0.1, 0.15) is 31.1 Å². The highest BCUT2D eigenvalue weighted by Gasteiger charge is 2.23. The van der Waals surface area contributed by atoms with Crippen LogP contribution in [0.4, 0.5) is 0 Å². The van der Waals surface area contributed by atoms with Crippen LogP contribution < -0.4 is 11.1 Å². The monoisotopic (exact) mass is 237 g/mol. The van der Waals surface area contributed by atoms with Crippen molar-refractivity contribution >= 4 is 0 Å². The lowest BCUT2D eigenvalue weighted by molar-refractivity contribution is 0.243. The van der Waals surface area contributed by atoms with Crippen LogP contribution in [0.15, 0.2) is 22.8 Å². The van der Waals surface area contributed by atoms with E-state index in [1.807, 2.05) is 12.1 Å². The van der Waals surface area contributed by atoms with Crippen LogP contribution in [0.25, 0.3) is 0 Å². The van der Waals surface area contributed by atoms with E-state index in [4.69, 9.17) is 10.2 Å². The fourth-order valence-corrected chi connectivity index (χ4v) is 2.50. The molecule has 3 N–H and O–H groups in total. The molecule has 2 rings (SSSR count). The Labute approximate surface area is 103 Å². The number of nitrogens with one attached hydrogen (secondary N) is 1. The SMILES string of the molecule is CN(C)C(CNC1CCC(N)C1)c1ccco1. The average molecular weight is 237 g/mol. The van der Waals surface area contributed by atoms with E-state index in [0.29, 0.717) is 18.1 Å². The summed E-state index contributed by atoms with van der Waals surface area (Å²) in [6.07, 6.45) is 5.17. The van der Waals surface area contributed by atoms with Gasteiger partial charge in [0.2, 0.25) is 0 Å². The number of hydrogen-bond acceptors (Lipinski definition) is 4. The highest BCUT2D eigenvalue weighted by Crippen LogP contribution is 2.21. The Balaban J connectivity index is 1.86. The van der Waals surface area contributed by atoms with E-state index in [1.54, 1.807) is 6.26 Å². The first-order valence-electron chi connectivity index (χ1n) is 6.35. The molecule has 4 heteroatoms. The molecule has 1 heterocycles. The molecule has 3 unspecified atom stereocenters. The van der Waals surface area contributed by atoms with Gasteiger partial charge in [0, 0.05) is 18.6 Å². The lowest BCUT2D eigenvalue weighted by atomic mass is 10.1. The van der Waals surface area contributed by atoms with E-state index in [1.165, 1.54) is 6.42 Å². The van der Waals surface area contributed by atoms with Gasteiger partial charge in [-0.25, -0.2) is 0 Å². The summed E-state index contributed by atoms with van der Waals surface area (Å²) < 4.78 is 5.49. The van der Waals surface area contributed by atoms with Crippen molar-refractivity contribution < 1.29 is 4.42 Å². The summed E-state index contributed by atoms with van der Waals surface area (Å²) in [5.74, 6) is 1.02. The number of nitrogens with two attached hydrogens (primary N) is 1. The molecule has 1 saturated carbocycles.